The maximum Gasteiger partial charge on any atom is 0.130 e. The number of rotatable bonds is 2. The minimum absolute atomic E-state index is 0.542. The van der Waals surface area contributed by atoms with E-state index >= 15 is 0 Å². The van der Waals surface area contributed by atoms with Gasteiger partial charge in [0, 0.05) is 0 Å². The summed E-state index contributed by atoms with van der Waals surface area (Å²) in [6.07, 6.45) is 0.847. The Labute approximate surface area is 42.3 Å². The molecule has 30 valence electrons. The quantitative estimate of drug-likeness (QED) is 0.558. The first kappa shape index (κ1) is 5.50. The lowest BCUT2D eigenvalue weighted by atomic mass is 10.9. The number of aldehydes is 1. The molecule has 0 aliphatic carbocycles. The van der Waals surface area contributed by atoms with Gasteiger partial charge in [-0.3, -0.25) is 0 Å². The Morgan fingerprint density at radius 2 is 2.60 bits per heavy atom. The molecule has 0 amide bonds. The van der Waals surface area contributed by atoms with Crippen LogP contribution in [-0.2, 0) is 4.79 Å². The number of carbonyl (C=O) groups excluding carboxylic acids is 1. The van der Waals surface area contributed by atoms with Gasteiger partial charge in [0.05, 0.1) is 5.75 Å². The second-order valence-corrected chi connectivity index (χ2v) is 2.37. The van der Waals surface area contributed by atoms with Crippen molar-refractivity contribution in [2.75, 3.05) is 5.75 Å². The molecule has 0 fully saturated rings. The predicted octanol–water partition coefficient (Wildman–Crippen LogP) is 1.23. The molecule has 0 atom stereocenters. The van der Waals surface area contributed by atoms with E-state index < -0.39 is 0 Å². The smallest absolute Gasteiger partial charge is 0.130 e. The van der Waals surface area contributed by atoms with E-state index in [0.29, 0.717) is 5.75 Å². The third-order valence-electron chi connectivity index (χ3n) is 0.131. The minimum atomic E-state index is 0.542. The summed E-state index contributed by atoms with van der Waals surface area (Å²) in [7, 11) is 1.35. The van der Waals surface area contributed by atoms with E-state index in [1.54, 1.807) is 0 Å². The maximum absolute atomic E-state index is 9.35. The number of carbonyl (C=O) groups is 1. The fourth-order valence-electron chi connectivity index (χ4n) is 0.0257. The summed E-state index contributed by atoms with van der Waals surface area (Å²) < 4.78 is 0. The van der Waals surface area contributed by atoms with Gasteiger partial charge in [0.25, 0.3) is 0 Å². The van der Waals surface area contributed by atoms with Crippen LogP contribution in [0, 0.1) is 0 Å². The lowest BCUT2D eigenvalue weighted by Crippen LogP contribution is -1.67. The molecule has 0 spiro atoms. The van der Waals surface area contributed by atoms with E-state index in [1.165, 1.54) is 10.2 Å². The molecule has 0 saturated heterocycles. The molecule has 0 unspecified atom stereocenters. The molecular weight excluding hydrogens is 152 g/mol. The molecule has 0 radical (unpaired) electrons. The number of halogens is 1. The average molecular weight is 155 g/mol. The predicted molar refractivity (Wildman–Crippen MR) is 27.4 cm³/mol. The summed E-state index contributed by atoms with van der Waals surface area (Å²) in [5.41, 5.74) is 0. The molecular formula is C2H3BrOS. The Hall–Kier alpha value is 0.500. The van der Waals surface area contributed by atoms with Crippen molar-refractivity contribution >= 4 is 31.3 Å². The van der Waals surface area contributed by atoms with Gasteiger partial charge in [-0.1, -0.05) is 10.2 Å². The zero-order valence-corrected chi connectivity index (χ0v) is 4.88. The van der Waals surface area contributed by atoms with Crippen LogP contribution < -0.4 is 0 Å². The number of hydrogen-bond acceptors (Lipinski definition) is 2. The van der Waals surface area contributed by atoms with Crippen molar-refractivity contribution in [3.05, 3.63) is 0 Å². The third kappa shape index (κ3) is 4.50. The molecule has 0 aromatic carbocycles. The van der Waals surface area contributed by atoms with Crippen molar-refractivity contribution in [2.24, 2.45) is 0 Å². The fraction of sp³-hybridized carbons (Fsp3) is 0.500. The molecule has 0 aromatic heterocycles. The Morgan fingerprint density at radius 3 is 2.60 bits per heavy atom. The van der Waals surface area contributed by atoms with Crippen LogP contribution in [0.2, 0.25) is 0 Å². The average Bonchev–Trinajstić information content (AvgIpc) is 1.41. The van der Waals surface area contributed by atoms with Crippen LogP contribution in [0.15, 0.2) is 0 Å². The van der Waals surface area contributed by atoms with E-state index in [4.69, 9.17) is 0 Å². The van der Waals surface area contributed by atoms with Crippen molar-refractivity contribution in [1.29, 1.82) is 0 Å². The molecule has 3 heteroatoms. The summed E-state index contributed by atoms with van der Waals surface area (Å²) in [5.74, 6) is 0.542. The molecule has 0 aliphatic rings. The van der Waals surface area contributed by atoms with E-state index in [2.05, 4.69) is 14.8 Å². The summed E-state index contributed by atoms with van der Waals surface area (Å²) in [6.45, 7) is 0. The van der Waals surface area contributed by atoms with Crippen LogP contribution in [0.3, 0.4) is 0 Å². The van der Waals surface area contributed by atoms with Crippen LogP contribution in [-0.4, -0.2) is 12.0 Å². The van der Waals surface area contributed by atoms with Crippen molar-refractivity contribution < 1.29 is 4.79 Å². The first-order valence-corrected chi connectivity index (χ1v) is 3.92. The van der Waals surface area contributed by atoms with Crippen LogP contribution in [0.5, 0.6) is 0 Å². The van der Waals surface area contributed by atoms with E-state index in [9.17, 15) is 4.79 Å². The summed E-state index contributed by atoms with van der Waals surface area (Å²) in [6, 6.07) is 0. The Bertz CT molecular complexity index is 30.8. The van der Waals surface area contributed by atoms with Gasteiger partial charge in [-0.05, 0) is 14.8 Å². The first-order chi connectivity index (χ1) is 2.41. The third-order valence-corrected chi connectivity index (χ3v) is 1.19. The van der Waals surface area contributed by atoms with Crippen LogP contribution >= 0.6 is 25.0 Å². The van der Waals surface area contributed by atoms with Crippen LogP contribution in [0.1, 0.15) is 0 Å². The standard InChI is InChI=1S/C2H3BrOS/c3-5-2-1-4/h1H,2H2. The largest absolute Gasteiger partial charge is 0.302 e. The highest BCUT2D eigenvalue weighted by Crippen LogP contribution is 2.05. The van der Waals surface area contributed by atoms with Gasteiger partial charge in [-0.2, -0.15) is 0 Å². The van der Waals surface area contributed by atoms with Gasteiger partial charge in [0.15, 0.2) is 0 Å². The summed E-state index contributed by atoms with van der Waals surface area (Å²) in [5, 5.41) is 0. The second-order valence-electron chi connectivity index (χ2n) is 0.442. The second kappa shape index (κ2) is 4.50. The zero-order valence-electron chi connectivity index (χ0n) is 2.48. The molecule has 1 nitrogen and oxygen atoms in total. The fourth-order valence-corrected chi connectivity index (χ4v) is 0.401. The highest BCUT2D eigenvalue weighted by Gasteiger charge is 1.69. The Balaban J connectivity index is 2.40. The normalized spacial score (nSPS) is 7.40. The first-order valence-electron chi connectivity index (χ1n) is 1.09. The topological polar surface area (TPSA) is 17.1 Å². The van der Waals surface area contributed by atoms with Gasteiger partial charge < -0.3 is 4.79 Å². The van der Waals surface area contributed by atoms with E-state index in [-0.39, 0.29) is 0 Å². The van der Waals surface area contributed by atoms with Gasteiger partial charge in [0.1, 0.15) is 6.29 Å². The monoisotopic (exact) mass is 154 g/mol. The summed E-state index contributed by atoms with van der Waals surface area (Å²) in [4.78, 5) is 9.35. The molecule has 0 N–H and O–H groups in total. The minimum Gasteiger partial charge on any atom is -0.302 e. The summed E-state index contributed by atoms with van der Waals surface area (Å²) >= 11 is 2.99. The van der Waals surface area contributed by atoms with Crippen molar-refractivity contribution in [2.45, 2.75) is 0 Å². The molecule has 0 bridgehead atoms. The van der Waals surface area contributed by atoms with Crippen LogP contribution in [0.4, 0.5) is 0 Å². The molecule has 0 rings (SSSR count). The molecule has 0 saturated carbocycles. The molecule has 0 aromatic rings. The Morgan fingerprint density at radius 1 is 2.00 bits per heavy atom. The van der Waals surface area contributed by atoms with Crippen LogP contribution in [0.25, 0.3) is 0 Å². The Kier molecular flexibility index (Phi) is 4.95. The molecule has 0 heterocycles. The highest BCUT2D eigenvalue weighted by atomic mass is 79.9. The van der Waals surface area contributed by atoms with Gasteiger partial charge in [-0.15, -0.1) is 0 Å². The maximum atomic E-state index is 9.35. The zero-order chi connectivity index (χ0) is 4.12. The molecule has 5 heavy (non-hydrogen) atoms. The SMILES string of the molecule is O=CCSBr. The lowest BCUT2D eigenvalue weighted by molar-refractivity contribution is -0.105. The van der Waals surface area contributed by atoms with E-state index in [1.807, 2.05) is 0 Å². The lowest BCUT2D eigenvalue weighted by Gasteiger charge is -1.66. The number of hydrogen-bond donors (Lipinski definition) is 0. The van der Waals surface area contributed by atoms with Crippen molar-refractivity contribution in [3.63, 3.8) is 0 Å². The van der Waals surface area contributed by atoms with Crippen molar-refractivity contribution in [3.8, 4) is 0 Å². The van der Waals surface area contributed by atoms with E-state index in [0.717, 1.165) is 6.29 Å². The van der Waals surface area contributed by atoms with Crippen molar-refractivity contribution in [1.82, 2.24) is 0 Å². The van der Waals surface area contributed by atoms with Gasteiger partial charge >= 0.3 is 0 Å². The van der Waals surface area contributed by atoms with Gasteiger partial charge in [0.2, 0.25) is 0 Å². The molecule has 0 aliphatic heterocycles. The van der Waals surface area contributed by atoms with Gasteiger partial charge in [-0.25, -0.2) is 0 Å². The highest BCUT2D eigenvalue weighted by molar-refractivity contribution is 9.50.